The highest BCUT2D eigenvalue weighted by molar-refractivity contribution is 7.86. The van der Waals surface area contributed by atoms with Gasteiger partial charge in [-0.05, 0) is 37.3 Å². The number of aryl methyl sites for hydroxylation is 1. The maximum Gasteiger partial charge on any atom is 0.416 e. The van der Waals surface area contributed by atoms with Crippen molar-refractivity contribution in [3.05, 3.63) is 59.2 Å². The number of carbonyl (C=O) groups excluding carboxylic acids is 1. The van der Waals surface area contributed by atoms with Crippen molar-refractivity contribution >= 4 is 21.7 Å². The number of hydrogen-bond donors (Lipinski definition) is 1. The number of hydrogen-bond acceptors (Lipinski definition) is 4. The summed E-state index contributed by atoms with van der Waals surface area (Å²) in [5.74, 6) is -1.00. The molecule has 134 valence electrons. The maximum atomic E-state index is 12.7. The SMILES string of the molecule is Cc1ccc(OS(C)(=O)=O)c(C(=O)Nc2cccc(C(F)(F)F)c2)c1. The number of anilines is 1. The molecule has 0 spiro atoms. The van der Waals surface area contributed by atoms with Crippen LogP contribution < -0.4 is 9.50 Å². The maximum absolute atomic E-state index is 12.7. The van der Waals surface area contributed by atoms with Crippen molar-refractivity contribution in [1.29, 1.82) is 0 Å². The van der Waals surface area contributed by atoms with E-state index in [4.69, 9.17) is 4.18 Å². The summed E-state index contributed by atoms with van der Waals surface area (Å²) in [4.78, 5) is 12.4. The van der Waals surface area contributed by atoms with Crippen molar-refractivity contribution in [3.63, 3.8) is 0 Å². The van der Waals surface area contributed by atoms with Crippen molar-refractivity contribution in [2.75, 3.05) is 11.6 Å². The zero-order valence-corrected chi connectivity index (χ0v) is 14.0. The van der Waals surface area contributed by atoms with E-state index in [-0.39, 0.29) is 17.0 Å². The average Bonchev–Trinajstić information content (AvgIpc) is 2.47. The number of benzene rings is 2. The fraction of sp³-hybridized carbons (Fsp3) is 0.188. The molecule has 25 heavy (non-hydrogen) atoms. The van der Waals surface area contributed by atoms with Gasteiger partial charge in [-0.25, -0.2) is 0 Å². The van der Waals surface area contributed by atoms with Gasteiger partial charge in [0.1, 0.15) is 0 Å². The summed E-state index contributed by atoms with van der Waals surface area (Å²) in [5.41, 5.74) is -0.452. The van der Waals surface area contributed by atoms with Crippen LogP contribution in [0.3, 0.4) is 0 Å². The molecule has 2 aromatic rings. The first-order valence-electron chi connectivity index (χ1n) is 6.94. The van der Waals surface area contributed by atoms with Gasteiger partial charge in [-0.15, -0.1) is 0 Å². The Hall–Kier alpha value is -2.55. The van der Waals surface area contributed by atoms with E-state index in [0.29, 0.717) is 5.56 Å². The third kappa shape index (κ3) is 5.21. The van der Waals surface area contributed by atoms with Crippen molar-refractivity contribution in [3.8, 4) is 5.75 Å². The Kier molecular flexibility index (Phi) is 5.07. The summed E-state index contributed by atoms with van der Waals surface area (Å²) in [6.07, 6.45) is -3.73. The predicted octanol–water partition coefficient (Wildman–Crippen LogP) is 3.60. The van der Waals surface area contributed by atoms with Crippen LogP contribution in [-0.4, -0.2) is 20.6 Å². The van der Waals surface area contributed by atoms with Gasteiger partial charge in [0.05, 0.1) is 17.4 Å². The molecule has 1 amide bonds. The van der Waals surface area contributed by atoms with E-state index in [1.165, 1.54) is 18.2 Å². The van der Waals surface area contributed by atoms with Gasteiger partial charge in [0.25, 0.3) is 5.91 Å². The van der Waals surface area contributed by atoms with E-state index in [9.17, 15) is 26.4 Å². The molecule has 0 aliphatic rings. The van der Waals surface area contributed by atoms with Gasteiger partial charge >= 0.3 is 16.3 Å². The Morgan fingerprint density at radius 2 is 1.80 bits per heavy atom. The Bertz CT molecular complexity index is 908. The molecule has 0 fully saturated rings. The van der Waals surface area contributed by atoms with Crippen LogP contribution in [0.4, 0.5) is 18.9 Å². The number of halogens is 3. The summed E-state index contributed by atoms with van der Waals surface area (Å²) >= 11 is 0. The van der Waals surface area contributed by atoms with E-state index in [1.54, 1.807) is 13.0 Å². The zero-order valence-electron chi connectivity index (χ0n) is 13.2. The third-order valence-electron chi connectivity index (χ3n) is 3.07. The van der Waals surface area contributed by atoms with Crippen LogP contribution in [0.2, 0.25) is 0 Å². The molecule has 0 aromatic heterocycles. The lowest BCUT2D eigenvalue weighted by Gasteiger charge is -2.12. The molecule has 0 heterocycles. The van der Waals surface area contributed by atoms with E-state index in [2.05, 4.69) is 5.32 Å². The normalized spacial score (nSPS) is 11.9. The quantitative estimate of drug-likeness (QED) is 0.831. The number of alkyl halides is 3. The Morgan fingerprint density at radius 1 is 1.12 bits per heavy atom. The molecule has 9 heteroatoms. The van der Waals surface area contributed by atoms with E-state index < -0.39 is 27.8 Å². The Balaban J connectivity index is 2.34. The second-order valence-electron chi connectivity index (χ2n) is 5.32. The van der Waals surface area contributed by atoms with E-state index in [1.807, 2.05) is 0 Å². The highest BCUT2D eigenvalue weighted by Crippen LogP contribution is 2.31. The van der Waals surface area contributed by atoms with Crippen molar-refractivity contribution in [1.82, 2.24) is 0 Å². The lowest BCUT2D eigenvalue weighted by molar-refractivity contribution is -0.137. The Morgan fingerprint density at radius 3 is 2.40 bits per heavy atom. The highest BCUT2D eigenvalue weighted by atomic mass is 32.2. The molecule has 2 aromatic carbocycles. The Labute approximate surface area is 142 Å². The van der Waals surface area contributed by atoms with Crippen LogP contribution in [0, 0.1) is 6.92 Å². The standard InChI is InChI=1S/C16H14F3NO4S/c1-10-6-7-14(24-25(2,22)23)13(8-10)15(21)20-12-5-3-4-11(9-12)16(17,18)19/h3-9H,1-2H3,(H,20,21). The van der Waals surface area contributed by atoms with E-state index in [0.717, 1.165) is 24.5 Å². The number of carbonyl (C=O) groups is 1. The van der Waals surface area contributed by atoms with Gasteiger partial charge in [-0.2, -0.15) is 21.6 Å². The van der Waals surface area contributed by atoms with Gasteiger partial charge in [-0.3, -0.25) is 4.79 Å². The number of rotatable bonds is 4. The van der Waals surface area contributed by atoms with Crippen LogP contribution in [0.15, 0.2) is 42.5 Å². The largest absolute Gasteiger partial charge is 0.416 e. The molecule has 0 aliphatic carbocycles. The summed E-state index contributed by atoms with van der Waals surface area (Å²) in [6.45, 7) is 1.67. The minimum absolute atomic E-state index is 0.0772. The monoisotopic (exact) mass is 373 g/mol. The first-order valence-corrected chi connectivity index (χ1v) is 8.76. The zero-order chi connectivity index (χ0) is 18.8. The molecule has 5 nitrogen and oxygen atoms in total. The average molecular weight is 373 g/mol. The molecule has 0 saturated heterocycles. The van der Waals surface area contributed by atoms with Crippen LogP contribution in [0.5, 0.6) is 5.75 Å². The molecule has 0 atom stereocenters. The minimum Gasteiger partial charge on any atom is -0.382 e. The topological polar surface area (TPSA) is 72.5 Å². The van der Waals surface area contributed by atoms with Gasteiger partial charge in [0.2, 0.25) is 0 Å². The second-order valence-corrected chi connectivity index (χ2v) is 6.89. The molecule has 1 N–H and O–H groups in total. The molecular formula is C16H14F3NO4S. The first-order chi connectivity index (χ1) is 11.5. The minimum atomic E-state index is -4.55. The second kappa shape index (κ2) is 6.75. The third-order valence-corrected chi connectivity index (χ3v) is 3.55. The summed E-state index contributed by atoms with van der Waals surface area (Å²) in [7, 11) is -3.87. The molecular weight excluding hydrogens is 359 g/mol. The van der Waals surface area contributed by atoms with E-state index >= 15 is 0 Å². The molecule has 2 rings (SSSR count). The molecule has 0 unspecified atom stereocenters. The summed E-state index contributed by atoms with van der Waals surface area (Å²) in [5, 5.41) is 2.31. The number of amides is 1. The molecule has 0 aliphatic heterocycles. The summed E-state index contributed by atoms with van der Waals surface area (Å²) in [6, 6.07) is 8.33. The van der Waals surface area contributed by atoms with Gasteiger partial charge in [0, 0.05) is 5.69 Å². The van der Waals surface area contributed by atoms with Gasteiger partial charge in [0.15, 0.2) is 5.75 Å². The lowest BCUT2D eigenvalue weighted by Crippen LogP contribution is -2.16. The van der Waals surface area contributed by atoms with Crippen molar-refractivity contribution in [2.45, 2.75) is 13.1 Å². The van der Waals surface area contributed by atoms with Crippen LogP contribution in [0.25, 0.3) is 0 Å². The molecule has 0 radical (unpaired) electrons. The van der Waals surface area contributed by atoms with Crippen LogP contribution in [0.1, 0.15) is 21.5 Å². The summed E-state index contributed by atoms with van der Waals surface area (Å²) < 4.78 is 65.5. The van der Waals surface area contributed by atoms with Gasteiger partial charge < -0.3 is 9.50 Å². The highest BCUT2D eigenvalue weighted by Gasteiger charge is 2.30. The number of nitrogens with one attached hydrogen (secondary N) is 1. The lowest BCUT2D eigenvalue weighted by atomic mass is 10.1. The van der Waals surface area contributed by atoms with Crippen LogP contribution in [-0.2, 0) is 16.3 Å². The predicted molar refractivity (Wildman–Crippen MR) is 86.0 cm³/mol. The van der Waals surface area contributed by atoms with Crippen LogP contribution >= 0.6 is 0 Å². The smallest absolute Gasteiger partial charge is 0.382 e. The molecule has 0 bridgehead atoms. The van der Waals surface area contributed by atoms with Crippen molar-refractivity contribution in [2.24, 2.45) is 0 Å². The molecule has 0 saturated carbocycles. The fourth-order valence-electron chi connectivity index (χ4n) is 2.03. The van der Waals surface area contributed by atoms with Crippen molar-refractivity contribution < 1.29 is 30.6 Å². The first kappa shape index (κ1) is 18.8. The van der Waals surface area contributed by atoms with Gasteiger partial charge in [-0.1, -0.05) is 17.7 Å². The fourth-order valence-corrected chi connectivity index (χ4v) is 2.50.